The van der Waals surface area contributed by atoms with Gasteiger partial charge in [0.1, 0.15) is 0 Å². The van der Waals surface area contributed by atoms with Gasteiger partial charge in [0.25, 0.3) is 0 Å². The summed E-state index contributed by atoms with van der Waals surface area (Å²) >= 11 is 5.98. The van der Waals surface area contributed by atoms with Crippen LogP contribution in [0, 0.1) is 5.92 Å². The molecule has 1 aromatic rings. The van der Waals surface area contributed by atoms with Gasteiger partial charge in [0, 0.05) is 36.8 Å². The van der Waals surface area contributed by atoms with E-state index in [0.717, 1.165) is 31.6 Å². The van der Waals surface area contributed by atoms with Crippen LogP contribution >= 0.6 is 11.6 Å². The Kier molecular flexibility index (Phi) is 4.15. The summed E-state index contributed by atoms with van der Waals surface area (Å²) in [5.74, 6) is -0.0743. The molecule has 1 unspecified atom stereocenters. The average Bonchev–Trinajstić information content (AvgIpc) is 2.89. The van der Waals surface area contributed by atoms with Gasteiger partial charge in [-0.25, -0.2) is 0 Å². The van der Waals surface area contributed by atoms with Gasteiger partial charge in [-0.05, 0) is 37.5 Å². The van der Waals surface area contributed by atoms with E-state index in [1.54, 1.807) is 17.0 Å². The van der Waals surface area contributed by atoms with Crippen LogP contribution in [0.5, 0.6) is 0 Å². The van der Waals surface area contributed by atoms with Crippen LogP contribution in [0.3, 0.4) is 0 Å². The van der Waals surface area contributed by atoms with Crippen molar-refractivity contribution < 1.29 is 9.59 Å². The number of amides is 2. The van der Waals surface area contributed by atoms with E-state index in [-0.39, 0.29) is 17.7 Å². The molecule has 2 aliphatic rings. The smallest absolute Gasteiger partial charge is 0.228 e. The Labute approximate surface area is 129 Å². The molecule has 1 atom stereocenters. The number of anilines is 1. The van der Waals surface area contributed by atoms with E-state index in [0.29, 0.717) is 18.0 Å². The number of halogens is 1. The van der Waals surface area contributed by atoms with Crippen molar-refractivity contribution in [2.24, 2.45) is 5.92 Å². The van der Waals surface area contributed by atoms with Gasteiger partial charge in [0.05, 0.1) is 5.92 Å². The molecule has 112 valence electrons. The number of rotatable bonds is 2. The lowest BCUT2D eigenvalue weighted by atomic mass is 10.0. The van der Waals surface area contributed by atoms with E-state index in [1.165, 1.54) is 6.42 Å². The van der Waals surface area contributed by atoms with Crippen LogP contribution in [0.15, 0.2) is 24.3 Å². The Hall–Kier alpha value is -1.55. The molecular weight excluding hydrogens is 288 g/mol. The number of piperidine rings is 1. The van der Waals surface area contributed by atoms with Gasteiger partial charge in [0.2, 0.25) is 11.8 Å². The lowest BCUT2D eigenvalue weighted by Crippen LogP contribution is -2.40. The highest BCUT2D eigenvalue weighted by molar-refractivity contribution is 6.30. The van der Waals surface area contributed by atoms with Crippen LogP contribution in [0.25, 0.3) is 0 Å². The van der Waals surface area contributed by atoms with E-state index in [9.17, 15) is 9.59 Å². The molecule has 0 saturated carbocycles. The normalized spacial score (nSPS) is 22.7. The van der Waals surface area contributed by atoms with Gasteiger partial charge in [-0.3, -0.25) is 9.59 Å². The number of hydrogen-bond acceptors (Lipinski definition) is 2. The van der Waals surface area contributed by atoms with Gasteiger partial charge in [-0.2, -0.15) is 0 Å². The first kappa shape index (κ1) is 14.4. The lowest BCUT2D eigenvalue weighted by molar-refractivity contribution is -0.136. The molecule has 0 radical (unpaired) electrons. The van der Waals surface area contributed by atoms with Crippen LogP contribution < -0.4 is 4.90 Å². The highest BCUT2D eigenvalue weighted by Gasteiger charge is 2.37. The summed E-state index contributed by atoms with van der Waals surface area (Å²) < 4.78 is 0. The van der Waals surface area contributed by atoms with Crippen LogP contribution in [0.2, 0.25) is 5.02 Å². The summed E-state index contributed by atoms with van der Waals surface area (Å²) in [5, 5.41) is 0.603. The molecule has 3 rings (SSSR count). The molecule has 2 aliphatic heterocycles. The van der Waals surface area contributed by atoms with Crippen LogP contribution in [-0.2, 0) is 9.59 Å². The minimum Gasteiger partial charge on any atom is -0.342 e. The highest BCUT2D eigenvalue weighted by atomic mass is 35.5. The summed E-state index contributed by atoms with van der Waals surface area (Å²) in [6.07, 6.45) is 3.65. The number of hydrogen-bond donors (Lipinski definition) is 0. The zero-order valence-electron chi connectivity index (χ0n) is 11.9. The minimum absolute atomic E-state index is 0.00706. The van der Waals surface area contributed by atoms with Crippen LogP contribution in [0.1, 0.15) is 25.7 Å². The van der Waals surface area contributed by atoms with Crippen LogP contribution in [0.4, 0.5) is 5.69 Å². The first-order valence-electron chi connectivity index (χ1n) is 7.50. The number of nitrogens with zero attached hydrogens (tertiary/aromatic N) is 2. The molecule has 1 aromatic carbocycles. The maximum absolute atomic E-state index is 12.5. The van der Waals surface area contributed by atoms with Gasteiger partial charge < -0.3 is 9.80 Å². The van der Waals surface area contributed by atoms with Crippen molar-refractivity contribution in [2.75, 3.05) is 24.5 Å². The molecule has 4 nitrogen and oxygen atoms in total. The standard InChI is InChI=1S/C16H19ClN2O2/c17-13-5-4-6-14(10-13)19-11-12(9-15(19)20)16(21)18-7-2-1-3-8-18/h4-6,10,12H,1-3,7-9,11H2. The predicted octanol–water partition coefficient (Wildman–Crippen LogP) is 2.71. The predicted molar refractivity (Wildman–Crippen MR) is 82.3 cm³/mol. The van der Waals surface area contributed by atoms with E-state index < -0.39 is 0 Å². The Bertz CT molecular complexity index is 555. The molecule has 2 fully saturated rings. The van der Waals surface area contributed by atoms with E-state index in [1.807, 2.05) is 17.0 Å². The lowest BCUT2D eigenvalue weighted by Gasteiger charge is -2.29. The van der Waals surface area contributed by atoms with Crippen molar-refractivity contribution in [1.82, 2.24) is 4.90 Å². The fraction of sp³-hybridized carbons (Fsp3) is 0.500. The minimum atomic E-state index is -0.213. The third-order valence-electron chi connectivity index (χ3n) is 4.26. The zero-order chi connectivity index (χ0) is 14.8. The maximum Gasteiger partial charge on any atom is 0.228 e. The van der Waals surface area contributed by atoms with E-state index in [2.05, 4.69) is 0 Å². The summed E-state index contributed by atoms with van der Waals surface area (Å²) in [7, 11) is 0. The molecule has 0 spiro atoms. The summed E-state index contributed by atoms with van der Waals surface area (Å²) in [5.41, 5.74) is 0.779. The number of benzene rings is 1. The molecule has 2 heterocycles. The van der Waals surface area contributed by atoms with Crippen molar-refractivity contribution >= 4 is 29.1 Å². The van der Waals surface area contributed by atoms with Crippen molar-refractivity contribution in [3.8, 4) is 0 Å². The van der Waals surface area contributed by atoms with Gasteiger partial charge in [-0.1, -0.05) is 17.7 Å². The Balaban J connectivity index is 1.70. The molecule has 0 aromatic heterocycles. The fourth-order valence-corrected chi connectivity index (χ4v) is 3.32. The zero-order valence-corrected chi connectivity index (χ0v) is 12.7. The van der Waals surface area contributed by atoms with Crippen molar-refractivity contribution in [1.29, 1.82) is 0 Å². The third kappa shape index (κ3) is 3.05. The third-order valence-corrected chi connectivity index (χ3v) is 4.50. The molecule has 0 bridgehead atoms. The van der Waals surface area contributed by atoms with Gasteiger partial charge in [0.15, 0.2) is 0 Å². The van der Waals surface area contributed by atoms with Gasteiger partial charge in [-0.15, -0.1) is 0 Å². The Morgan fingerprint density at radius 1 is 1.19 bits per heavy atom. The van der Waals surface area contributed by atoms with Gasteiger partial charge >= 0.3 is 0 Å². The monoisotopic (exact) mass is 306 g/mol. The van der Waals surface area contributed by atoms with E-state index >= 15 is 0 Å². The summed E-state index contributed by atoms with van der Waals surface area (Å²) in [4.78, 5) is 28.3. The van der Waals surface area contributed by atoms with Crippen molar-refractivity contribution in [2.45, 2.75) is 25.7 Å². The number of carbonyl (C=O) groups excluding carboxylic acids is 2. The van der Waals surface area contributed by atoms with Crippen molar-refractivity contribution in [3.05, 3.63) is 29.3 Å². The second-order valence-corrected chi connectivity index (χ2v) is 6.21. The second kappa shape index (κ2) is 6.06. The molecule has 0 N–H and O–H groups in total. The average molecular weight is 307 g/mol. The summed E-state index contributed by atoms with van der Waals surface area (Å²) in [6.45, 7) is 2.13. The topological polar surface area (TPSA) is 40.6 Å². The Morgan fingerprint density at radius 3 is 2.67 bits per heavy atom. The molecule has 2 amide bonds. The maximum atomic E-state index is 12.5. The molecule has 0 aliphatic carbocycles. The first-order chi connectivity index (χ1) is 10.1. The second-order valence-electron chi connectivity index (χ2n) is 5.77. The molecule has 2 saturated heterocycles. The number of likely N-dealkylation sites (tertiary alicyclic amines) is 1. The van der Waals surface area contributed by atoms with Crippen LogP contribution in [-0.4, -0.2) is 36.3 Å². The van der Waals surface area contributed by atoms with Crippen molar-refractivity contribution in [3.63, 3.8) is 0 Å². The molecular formula is C16H19ClN2O2. The SMILES string of the molecule is O=C(C1CC(=O)N(c2cccc(Cl)c2)C1)N1CCCCC1. The molecule has 5 heteroatoms. The van der Waals surface area contributed by atoms with E-state index in [4.69, 9.17) is 11.6 Å². The largest absolute Gasteiger partial charge is 0.342 e. The quantitative estimate of drug-likeness (QED) is 0.843. The first-order valence-corrected chi connectivity index (χ1v) is 7.87. The Morgan fingerprint density at radius 2 is 1.95 bits per heavy atom. The fourth-order valence-electron chi connectivity index (χ4n) is 3.14. The number of carbonyl (C=O) groups is 2. The highest BCUT2D eigenvalue weighted by Crippen LogP contribution is 2.28. The summed E-state index contributed by atoms with van der Waals surface area (Å²) in [6, 6.07) is 7.23. The molecule has 21 heavy (non-hydrogen) atoms.